The maximum atomic E-state index is 12.5. The van der Waals surface area contributed by atoms with E-state index < -0.39 is 0 Å². The molecule has 1 N–H and O–H groups in total. The van der Waals surface area contributed by atoms with Crippen LogP contribution < -0.4 is 4.74 Å². The zero-order valence-corrected chi connectivity index (χ0v) is 55.5. The molecule has 89 heavy (non-hydrogen) atoms. The number of hydrogen-bond donors (Lipinski definition) is 1. The van der Waals surface area contributed by atoms with Crippen LogP contribution in [0.25, 0.3) is 14.5 Å². The van der Waals surface area contributed by atoms with Crippen molar-refractivity contribution in [3.63, 3.8) is 0 Å². The van der Waals surface area contributed by atoms with Crippen LogP contribution in [0.15, 0.2) is 146 Å². The molecule has 0 aliphatic heterocycles. The maximum absolute atomic E-state index is 12.5. The number of esters is 1. The lowest BCUT2D eigenvalue weighted by Gasteiger charge is -2.24. The molecule has 0 amide bonds. The minimum atomic E-state index is -0.203. The Labute approximate surface area is 538 Å². The molecule has 0 radical (unpaired) electrons. The van der Waals surface area contributed by atoms with Gasteiger partial charge in [-0.2, -0.15) is 0 Å². The molecule has 6 aromatic rings. The van der Waals surface area contributed by atoms with Crippen molar-refractivity contribution < 1.29 is 14.3 Å². The summed E-state index contributed by atoms with van der Waals surface area (Å²) in [5.41, 5.74) is 9.23. The molecule has 5 aromatic carbocycles. The number of benzene rings is 5. The Bertz CT molecular complexity index is 2830. The second kappa shape index (κ2) is 46.9. The minimum absolute atomic E-state index is 0.203. The molecular weight excluding hydrogens is 1100 g/mol. The van der Waals surface area contributed by atoms with E-state index in [0.29, 0.717) is 30.2 Å². The molecule has 0 saturated heterocycles. The van der Waals surface area contributed by atoms with Gasteiger partial charge >= 0.3 is 5.97 Å². The fourth-order valence-corrected chi connectivity index (χ4v) is 11.0. The van der Waals surface area contributed by atoms with E-state index in [1.54, 1.807) is 7.11 Å². The summed E-state index contributed by atoms with van der Waals surface area (Å²) < 4.78 is 10.8. The van der Waals surface area contributed by atoms with Crippen molar-refractivity contribution in [1.82, 2.24) is 34.4 Å². The van der Waals surface area contributed by atoms with Crippen LogP contribution in [0, 0.1) is 19.7 Å². The van der Waals surface area contributed by atoms with E-state index in [0.717, 1.165) is 95.2 Å². The quantitative estimate of drug-likeness (QED) is 0.0229. The van der Waals surface area contributed by atoms with E-state index in [1.807, 2.05) is 97.2 Å². The molecule has 1 aromatic heterocycles. The first-order valence-electron chi connectivity index (χ1n) is 33.3. The Balaban J connectivity index is 0.000000286. The summed E-state index contributed by atoms with van der Waals surface area (Å²) in [4.78, 5) is 41.2. The van der Waals surface area contributed by atoms with Gasteiger partial charge in [0.1, 0.15) is 12.4 Å². The zero-order valence-electron chi connectivity index (χ0n) is 55.5. The van der Waals surface area contributed by atoms with Crippen LogP contribution in [0.2, 0.25) is 0 Å². The van der Waals surface area contributed by atoms with Crippen molar-refractivity contribution in [3.8, 4) is 5.75 Å². The van der Waals surface area contributed by atoms with Gasteiger partial charge < -0.3 is 29.2 Å². The van der Waals surface area contributed by atoms with Crippen molar-refractivity contribution >= 4 is 23.0 Å². The molecule has 480 valence electrons. The van der Waals surface area contributed by atoms with Gasteiger partial charge in [-0.1, -0.05) is 157 Å². The van der Waals surface area contributed by atoms with Crippen molar-refractivity contribution in [3.05, 3.63) is 213 Å². The molecule has 0 saturated carbocycles. The molecule has 0 spiro atoms. The van der Waals surface area contributed by atoms with E-state index >= 15 is 0 Å². The standard InChI is InChI=1S/C27H37N3O2.C26H37N3O.C23H34N4/c1-4-17-29(18-5-2)19-9-10-20-30(21-24-13-15-26(28-3)16-14-24)22-27(31)32-23-25-11-7-6-8-12-25;1-5-17-28(18-6-2)19-7-8-20-29(21-23-9-13-25(27-3)14-10-23)22-24-11-15-26(30-4)16-12-24;1-4-15-26(16-5-2)17-6-7-18-27(20-23-9-8-14-25-23)19-21-10-12-22(24-3)13-11-21/h6-8,11-16H,4-5,9-10,17-23H2,1-2H3;9-16H,5-8,17-22H2,1-2,4H3;8-14,25H,4-7,15-20H2,1-2H3. The van der Waals surface area contributed by atoms with E-state index in [2.05, 4.69) is 139 Å². The average Bonchev–Trinajstić information content (AvgIpc) is 4.27. The highest BCUT2D eigenvalue weighted by Crippen LogP contribution is 2.20. The minimum Gasteiger partial charge on any atom is -0.497 e. The third-order valence-electron chi connectivity index (χ3n) is 15.5. The van der Waals surface area contributed by atoms with E-state index in [4.69, 9.17) is 29.2 Å². The summed E-state index contributed by atoms with van der Waals surface area (Å²) in [7, 11) is 1.70. The number of aromatic nitrogens is 1. The maximum Gasteiger partial charge on any atom is 0.320 e. The van der Waals surface area contributed by atoms with Gasteiger partial charge in [-0.3, -0.25) is 19.5 Å². The number of H-pyrrole nitrogens is 1. The summed E-state index contributed by atoms with van der Waals surface area (Å²) in [6.07, 6.45) is 16.3. The zero-order chi connectivity index (χ0) is 63.9. The summed E-state index contributed by atoms with van der Waals surface area (Å²) in [5.74, 6) is 0.692. The first-order valence-corrected chi connectivity index (χ1v) is 33.3. The number of methoxy groups -OCH3 is 1. The van der Waals surface area contributed by atoms with Crippen LogP contribution >= 0.6 is 0 Å². The Hall–Kier alpha value is -7.12. The average molecular weight is 1210 g/mol. The molecule has 13 nitrogen and oxygen atoms in total. The largest absolute Gasteiger partial charge is 0.497 e. The molecule has 13 heteroatoms. The number of aromatic amines is 1. The first kappa shape index (κ1) is 74.3. The first-order chi connectivity index (χ1) is 43.6. The van der Waals surface area contributed by atoms with Crippen LogP contribution in [0.4, 0.5) is 17.1 Å². The lowest BCUT2D eigenvalue weighted by atomic mass is 10.1. The van der Waals surface area contributed by atoms with Crippen LogP contribution in [-0.2, 0) is 48.9 Å². The van der Waals surface area contributed by atoms with Crippen molar-refractivity contribution in [2.24, 2.45) is 0 Å². The summed E-state index contributed by atoms with van der Waals surface area (Å²) in [6, 6.07) is 46.0. The molecular formula is C76H108N10O3. The van der Waals surface area contributed by atoms with Gasteiger partial charge in [0, 0.05) is 44.6 Å². The fourth-order valence-electron chi connectivity index (χ4n) is 11.0. The lowest BCUT2D eigenvalue weighted by molar-refractivity contribution is -0.146. The van der Waals surface area contributed by atoms with Crippen molar-refractivity contribution in [1.29, 1.82) is 0 Å². The van der Waals surface area contributed by atoms with Gasteiger partial charge in [-0.15, -0.1) is 0 Å². The molecule has 1 heterocycles. The van der Waals surface area contributed by atoms with Crippen LogP contribution in [0.1, 0.15) is 152 Å². The molecule has 0 fully saturated rings. The second-order valence-corrected chi connectivity index (χ2v) is 23.3. The Morgan fingerprint density at radius 2 is 0.719 bits per heavy atom. The number of ether oxygens (including phenoxy) is 2. The van der Waals surface area contributed by atoms with Gasteiger partial charge in [0.15, 0.2) is 17.1 Å². The van der Waals surface area contributed by atoms with Gasteiger partial charge in [-0.05, 0) is 208 Å². The van der Waals surface area contributed by atoms with Crippen LogP contribution in [0.3, 0.4) is 0 Å². The number of unbranched alkanes of at least 4 members (excludes halogenated alkanes) is 3. The van der Waals surface area contributed by atoms with Crippen molar-refractivity contribution in [2.45, 2.75) is 158 Å². The van der Waals surface area contributed by atoms with Crippen molar-refractivity contribution in [2.75, 3.05) is 92.2 Å². The smallest absolute Gasteiger partial charge is 0.320 e. The Morgan fingerprint density at radius 1 is 0.382 bits per heavy atom. The third-order valence-corrected chi connectivity index (χ3v) is 15.5. The highest BCUT2D eigenvalue weighted by atomic mass is 16.5. The van der Waals surface area contributed by atoms with Crippen LogP contribution in [-0.4, -0.2) is 133 Å². The second-order valence-electron chi connectivity index (χ2n) is 23.3. The molecule has 0 aliphatic carbocycles. The number of nitrogens with one attached hydrogen (secondary N) is 1. The normalized spacial score (nSPS) is 11.1. The monoisotopic (exact) mass is 1210 g/mol. The highest BCUT2D eigenvalue weighted by molar-refractivity contribution is 5.71. The Morgan fingerprint density at radius 3 is 1.06 bits per heavy atom. The summed E-state index contributed by atoms with van der Waals surface area (Å²) in [5, 5.41) is 0. The molecule has 0 atom stereocenters. The van der Waals surface area contributed by atoms with Gasteiger partial charge in [0.05, 0.1) is 33.4 Å². The number of carbonyl (C=O) groups excluding carboxylic acids is 1. The van der Waals surface area contributed by atoms with E-state index in [-0.39, 0.29) is 12.5 Å². The predicted octanol–water partition coefficient (Wildman–Crippen LogP) is 17.3. The molecule has 0 bridgehead atoms. The molecule has 0 aliphatic rings. The highest BCUT2D eigenvalue weighted by Gasteiger charge is 2.15. The molecule has 6 rings (SSSR count). The van der Waals surface area contributed by atoms with Gasteiger partial charge in [0.25, 0.3) is 0 Å². The number of nitrogens with zero attached hydrogens (tertiary/aromatic N) is 9. The fraction of sp³-hybridized carbons (Fsp3) is 0.500. The third kappa shape index (κ3) is 32.8. The summed E-state index contributed by atoms with van der Waals surface area (Å²) in [6.45, 7) is 53.4. The van der Waals surface area contributed by atoms with Gasteiger partial charge in [0.2, 0.25) is 0 Å². The van der Waals surface area contributed by atoms with E-state index in [1.165, 1.54) is 126 Å². The topological polar surface area (TPSA) is 83.8 Å². The Kier molecular flexibility index (Phi) is 39.2. The molecule has 0 unspecified atom stereocenters. The predicted molar refractivity (Wildman–Crippen MR) is 370 cm³/mol. The lowest BCUT2D eigenvalue weighted by Crippen LogP contribution is -2.32. The van der Waals surface area contributed by atoms with E-state index in [9.17, 15) is 4.79 Å². The number of carbonyl (C=O) groups is 1. The van der Waals surface area contributed by atoms with Crippen LogP contribution in [0.5, 0.6) is 5.75 Å². The van der Waals surface area contributed by atoms with Gasteiger partial charge in [-0.25, -0.2) is 14.5 Å². The summed E-state index contributed by atoms with van der Waals surface area (Å²) >= 11 is 0. The number of hydrogen-bond acceptors (Lipinski definition) is 9. The number of rotatable bonds is 42. The SMILES string of the molecule is [C-]#[N+]c1ccc(CN(CCCCN(CCC)CCC)CC(=O)OCc2ccccc2)cc1.[C-]#[N+]c1ccc(CN(CCCCN(CCC)CCC)Cc2ccc(OC)cc2)cc1.[C-]#[N+]c1ccc(CN(CCCCN(CCC)CCC)Cc2ccc[nH]2)cc1.